The first kappa shape index (κ1) is 14.5. The van der Waals surface area contributed by atoms with Crippen LogP contribution in [0, 0.1) is 0 Å². The van der Waals surface area contributed by atoms with Crippen LogP contribution in [0.1, 0.15) is 21.7 Å². The molecule has 0 fully saturated rings. The zero-order valence-corrected chi connectivity index (χ0v) is 13.9. The molecule has 1 atom stereocenters. The van der Waals surface area contributed by atoms with Crippen molar-refractivity contribution in [2.45, 2.75) is 16.2 Å². The van der Waals surface area contributed by atoms with Crippen LogP contribution in [0.25, 0.3) is 0 Å². The molecule has 1 aliphatic rings. The first-order valence-corrected chi connectivity index (χ1v) is 9.06. The van der Waals surface area contributed by atoms with Crippen LogP contribution in [0.4, 0.5) is 0 Å². The zero-order valence-electron chi connectivity index (χ0n) is 12.3. The van der Waals surface area contributed by atoms with Gasteiger partial charge in [-0.05, 0) is 23.6 Å². The van der Waals surface area contributed by atoms with Crippen molar-refractivity contribution in [1.29, 1.82) is 0 Å². The van der Waals surface area contributed by atoms with Gasteiger partial charge in [0.1, 0.15) is 5.75 Å². The number of benzene rings is 2. The topological polar surface area (TPSA) is 26.3 Å². The van der Waals surface area contributed by atoms with Gasteiger partial charge in [0.15, 0.2) is 10.7 Å². The highest BCUT2D eigenvalue weighted by molar-refractivity contribution is 8.00. The van der Waals surface area contributed by atoms with Gasteiger partial charge >= 0.3 is 0 Å². The van der Waals surface area contributed by atoms with Gasteiger partial charge in [0.05, 0.1) is 16.2 Å². The van der Waals surface area contributed by atoms with E-state index in [0.717, 1.165) is 21.1 Å². The van der Waals surface area contributed by atoms with Gasteiger partial charge in [-0.1, -0.05) is 60.3 Å². The minimum absolute atomic E-state index is 0.115. The Morgan fingerprint density at radius 2 is 1.74 bits per heavy atom. The van der Waals surface area contributed by atoms with Crippen LogP contribution in [0.5, 0.6) is 5.75 Å². The van der Waals surface area contributed by atoms with Gasteiger partial charge in [0.2, 0.25) is 0 Å². The van der Waals surface area contributed by atoms with Crippen LogP contribution in [-0.2, 0) is 4.93 Å². The molecular formula is C19H14O2S2. The number of para-hydroxylation sites is 1. The third-order valence-electron chi connectivity index (χ3n) is 3.80. The first-order chi connectivity index (χ1) is 11.3. The number of hydrogen-bond donors (Lipinski definition) is 0. The molecule has 1 aliphatic heterocycles. The molecule has 0 saturated carbocycles. The largest absolute Gasteiger partial charge is 0.470 e. The molecule has 0 N–H and O–H groups in total. The van der Waals surface area contributed by atoms with E-state index in [1.807, 2.05) is 72.1 Å². The number of thiophene rings is 1. The third kappa shape index (κ3) is 2.69. The monoisotopic (exact) mass is 338 g/mol. The third-order valence-corrected chi connectivity index (χ3v) is 6.06. The van der Waals surface area contributed by atoms with Gasteiger partial charge < -0.3 is 4.74 Å². The molecule has 2 aromatic carbocycles. The van der Waals surface area contributed by atoms with Crippen LogP contribution in [-0.4, -0.2) is 5.78 Å². The van der Waals surface area contributed by atoms with E-state index in [9.17, 15) is 4.79 Å². The lowest BCUT2D eigenvalue weighted by molar-refractivity contribution is 0.0875. The Balaban J connectivity index is 1.73. The molecular weight excluding hydrogens is 324 g/mol. The summed E-state index contributed by atoms with van der Waals surface area (Å²) in [6.07, 6.45) is 0.316. The first-order valence-electron chi connectivity index (χ1n) is 7.36. The van der Waals surface area contributed by atoms with Crippen LogP contribution in [0.3, 0.4) is 0 Å². The maximum absolute atomic E-state index is 12.7. The van der Waals surface area contributed by atoms with E-state index in [2.05, 4.69) is 0 Å². The number of thioether (sulfide) groups is 1. The molecule has 0 saturated heterocycles. The maximum Gasteiger partial charge on any atom is 0.191 e. The van der Waals surface area contributed by atoms with Gasteiger partial charge in [-0.15, -0.1) is 11.3 Å². The van der Waals surface area contributed by atoms with Crippen LogP contribution in [0.15, 0.2) is 77.0 Å². The smallest absolute Gasteiger partial charge is 0.191 e. The summed E-state index contributed by atoms with van der Waals surface area (Å²) in [5.74, 6) is 0.962. The quantitative estimate of drug-likeness (QED) is 0.599. The summed E-state index contributed by atoms with van der Waals surface area (Å²) in [5, 5.41) is 1.93. The highest BCUT2D eigenvalue weighted by Gasteiger charge is 2.44. The normalized spacial score (nSPS) is 19.1. The number of hydrogen-bond acceptors (Lipinski definition) is 4. The van der Waals surface area contributed by atoms with Crippen LogP contribution in [0.2, 0.25) is 0 Å². The van der Waals surface area contributed by atoms with E-state index in [0.29, 0.717) is 6.42 Å². The number of carbonyl (C=O) groups excluding carboxylic acids is 1. The van der Waals surface area contributed by atoms with Crippen molar-refractivity contribution >= 4 is 28.9 Å². The number of rotatable bonds is 4. The van der Waals surface area contributed by atoms with Crippen molar-refractivity contribution in [3.63, 3.8) is 0 Å². The Bertz CT molecular complexity index is 801. The molecule has 2 nitrogen and oxygen atoms in total. The Morgan fingerprint density at radius 3 is 2.48 bits per heavy atom. The highest BCUT2D eigenvalue weighted by atomic mass is 32.2. The van der Waals surface area contributed by atoms with Gasteiger partial charge in [-0.2, -0.15) is 0 Å². The predicted molar refractivity (Wildman–Crippen MR) is 94.3 cm³/mol. The fraction of sp³-hybridized carbons (Fsp3) is 0.105. The summed E-state index contributed by atoms with van der Waals surface area (Å²) >= 11 is 3.10. The van der Waals surface area contributed by atoms with E-state index in [1.165, 1.54) is 11.3 Å². The zero-order chi connectivity index (χ0) is 15.7. The summed E-state index contributed by atoms with van der Waals surface area (Å²) in [7, 11) is 0. The Hall–Kier alpha value is -2.04. The Labute approximate surface area is 143 Å². The summed E-state index contributed by atoms with van der Waals surface area (Å²) < 4.78 is 6.30. The fourth-order valence-corrected chi connectivity index (χ4v) is 4.68. The second kappa shape index (κ2) is 5.87. The second-order valence-electron chi connectivity index (χ2n) is 5.35. The van der Waals surface area contributed by atoms with Gasteiger partial charge in [-0.25, -0.2) is 0 Å². The molecule has 23 heavy (non-hydrogen) atoms. The summed E-state index contributed by atoms with van der Waals surface area (Å²) in [6.45, 7) is 0. The Morgan fingerprint density at radius 1 is 0.957 bits per heavy atom. The molecule has 0 radical (unpaired) electrons. The highest BCUT2D eigenvalue weighted by Crippen LogP contribution is 2.54. The molecule has 0 amide bonds. The maximum atomic E-state index is 12.7. The molecule has 3 aromatic rings. The molecule has 0 aliphatic carbocycles. The number of carbonyl (C=O) groups is 1. The van der Waals surface area contributed by atoms with E-state index < -0.39 is 4.93 Å². The number of ketones is 1. The van der Waals surface area contributed by atoms with Crippen molar-refractivity contribution in [2.24, 2.45) is 0 Å². The van der Waals surface area contributed by atoms with E-state index >= 15 is 0 Å². The molecule has 4 heteroatoms. The minimum Gasteiger partial charge on any atom is -0.470 e. The van der Waals surface area contributed by atoms with Crippen molar-refractivity contribution < 1.29 is 9.53 Å². The van der Waals surface area contributed by atoms with E-state index in [4.69, 9.17) is 4.74 Å². The number of Topliss-reactive ketones (excluding diaryl/α,β-unsaturated/α-hetero) is 1. The van der Waals surface area contributed by atoms with Crippen molar-refractivity contribution in [3.8, 4) is 5.75 Å². The summed E-state index contributed by atoms with van der Waals surface area (Å²) in [5.41, 5.74) is 1.02. The summed E-state index contributed by atoms with van der Waals surface area (Å²) in [4.78, 5) is 13.9. The average Bonchev–Trinajstić information content (AvgIpc) is 3.23. The van der Waals surface area contributed by atoms with E-state index in [1.54, 1.807) is 11.8 Å². The molecule has 2 heterocycles. The van der Waals surface area contributed by atoms with Gasteiger partial charge in [0.25, 0.3) is 0 Å². The van der Waals surface area contributed by atoms with Crippen LogP contribution < -0.4 is 4.74 Å². The lowest BCUT2D eigenvalue weighted by Crippen LogP contribution is -2.29. The lowest BCUT2D eigenvalue weighted by atomic mass is 10.0. The Kier molecular flexibility index (Phi) is 3.71. The van der Waals surface area contributed by atoms with Gasteiger partial charge in [0, 0.05) is 5.56 Å². The molecule has 4 rings (SSSR count). The van der Waals surface area contributed by atoms with Crippen LogP contribution >= 0.6 is 23.1 Å². The molecule has 0 spiro atoms. The van der Waals surface area contributed by atoms with Gasteiger partial charge in [-0.3, -0.25) is 4.79 Å². The molecule has 0 bridgehead atoms. The second-order valence-corrected chi connectivity index (χ2v) is 7.60. The molecule has 114 valence electrons. The number of ether oxygens (including phenoxy) is 1. The average molecular weight is 338 g/mol. The van der Waals surface area contributed by atoms with Crippen molar-refractivity contribution in [1.82, 2.24) is 0 Å². The SMILES string of the molecule is O=C(CC1(c2ccccc2)Oc2ccccc2S1)c1cccs1. The van der Waals surface area contributed by atoms with Crippen molar-refractivity contribution in [3.05, 3.63) is 82.6 Å². The molecule has 1 aromatic heterocycles. The minimum atomic E-state index is -0.688. The summed E-state index contributed by atoms with van der Waals surface area (Å²) in [6, 6.07) is 21.7. The fourth-order valence-electron chi connectivity index (χ4n) is 2.71. The molecule has 1 unspecified atom stereocenters. The standard InChI is InChI=1S/C19H14O2S2/c20-15(17-11-6-12-22-17)13-19(14-7-2-1-3-8-14)21-16-9-4-5-10-18(16)23-19/h1-12H,13H2. The van der Waals surface area contributed by atoms with E-state index in [-0.39, 0.29) is 5.78 Å². The lowest BCUT2D eigenvalue weighted by Gasteiger charge is -2.27. The van der Waals surface area contributed by atoms with Crippen molar-refractivity contribution in [2.75, 3.05) is 0 Å². The number of fused-ring (bicyclic) bond motifs is 1. The predicted octanol–water partition coefficient (Wildman–Crippen LogP) is 5.36.